The zero-order valence-corrected chi connectivity index (χ0v) is 11.9. The second-order valence-electron chi connectivity index (χ2n) is 6.44. The van der Waals surface area contributed by atoms with Gasteiger partial charge >= 0.3 is 12.0 Å². The molecule has 0 saturated carbocycles. The van der Waals surface area contributed by atoms with Crippen LogP contribution in [0.2, 0.25) is 0 Å². The molecule has 3 heterocycles. The average molecular weight is 281 g/mol. The lowest BCUT2D eigenvalue weighted by atomic mass is 9.89. The molecule has 0 aliphatic carbocycles. The third kappa shape index (κ3) is 2.37. The van der Waals surface area contributed by atoms with Crippen LogP contribution in [-0.4, -0.2) is 65.2 Å². The number of carboxylic acid groups (broad SMARTS) is 1. The zero-order chi connectivity index (χ0) is 14.3. The number of rotatable bonds is 2. The summed E-state index contributed by atoms with van der Waals surface area (Å²) in [7, 11) is 2.07. The number of urea groups is 1. The molecule has 2 bridgehead atoms. The van der Waals surface area contributed by atoms with Gasteiger partial charge in [-0.25, -0.2) is 4.79 Å². The van der Waals surface area contributed by atoms with E-state index in [9.17, 15) is 14.7 Å². The molecule has 0 radical (unpaired) electrons. The molecule has 6 heteroatoms. The highest BCUT2D eigenvalue weighted by Gasteiger charge is 2.51. The number of aliphatic carboxylic acids is 1. The predicted octanol–water partition coefficient (Wildman–Crippen LogP) is 0.728. The molecule has 0 spiro atoms. The highest BCUT2D eigenvalue weighted by Crippen LogP contribution is 2.41. The van der Waals surface area contributed by atoms with E-state index >= 15 is 0 Å². The Morgan fingerprint density at radius 1 is 1.25 bits per heavy atom. The number of likely N-dealkylation sites (N-methyl/N-ethyl adjacent to an activating group) is 1. The van der Waals surface area contributed by atoms with Gasteiger partial charge in [-0.2, -0.15) is 0 Å². The zero-order valence-electron chi connectivity index (χ0n) is 11.9. The first-order valence-electron chi connectivity index (χ1n) is 7.56. The van der Waals surface area contributed by atoms with Crippen LogP contribution in [0.5, 0.6) is 0 Å². The standard InChI is InChI=1S/C14H23N3O3/c1-16-6-2-3-9(8-16)15-14(20)17-10-4-5-12(17)11(7-10)13(18)19/h9-12H,2-8H2,1H3,(H,15,20)(H,18,19). The molecule has 6 nitrogen and oxygen atoms in total. The van der Waals surface area contributed by atoms with Gasteiger partial charge in [-0.15, -0.1) is 0 Å². The molecule has 0 aromatic heterocycles. The summed E-state index contributed by atoms with van der Waals surface area (Å²) in [6.07, 6.45) is 4.53. The number of carboxylic acids is 1. The molecule has 3 aliphatic heterocycles. The Morgan fingerprint density at radius 3 is 2.70 bits per heavy atom. The fraction of sp³-hybridized carbons (Fsp3) is 0.857. The second kappa shape index (κ2) is 5.24. The number of nitrogens with one attached hydrogen (secondary N) is 1. The monoisotopic (exact) mass is 281 g/mol. The number of fused-ring (bicyclic) bond motifs is 2. The number of piperidine rings is 1. The van der Waals surface area contributed by atoms with Crippen molar-refractivity contribution in [2.75, 3.05) is 20.1 Å². The van der Waals surface area contributed by atoms with Crippen molar-refractivity contribution in [2.45, 2.75) is 50.2 Å². The van der Waals surface area contributed by atoms with Gasteiger partial charge in [0.15, 0.2) is 0 Å². The Balaban J connectivity index is 1.62. The summed E-state index contributed by atoms with van der Waals surface area (Å²) in [5, 5.41) is 12.3. The SMILES string of the molecule is CN1CCCC(NC(=O)N2C3CCC2C(C(=O)O)C3)C1. The second-order valence-corrected chi connectivity index (χ2v) is 6.44. The van der Waals surface area contributed by atoms with E-state index in [1.54, 1.807) is 0 Å². The molecule has 3 saturated heterocycles. The molecule has 4 unspecified atom stereocenters. The van der Waals surface area contributed by atoms with E-state index in [4.69, 9.17) is 0 Å². The van der Waals surface area contributed by atoms with Gasteiger partial charge in [-0.05, 0) is 45.7 Å². The van der Waals surface area contributed by atoms with Crippen LogP contribution in [0, 0.1) is 5.92 Å². The fourth-order valence-electron chi connectivity index (χ4n) is 4.10. The van der Waals surface area contributed by atoms with Crippen molar-refractivity contribution < 1.29 is 14.7 Å². The summed E-state index contributed by atoms with van der Waals surface area (Å²) in [6.45, 7) is 1.97. The van der Waals surface area contributed by atoms with E-state index in [0.29, 0.717) is 6.42 Å². The van der Waals surface area contributed by atoms with Gasteiger partial charge in [0, 0.05) is 24.7 Å². The minimum absolute atomic E-state index is 0.0541. The third-order valence-electron chi connectivity index (χ3n) is 5.04. The predicted molar refractivity (Wildman–Crippen MR) is 73.4 cm³/mol. The van der Waals surface area contributed by atoms with Gasteiger partial charge in [0.2, 0.25) is 0 Å². The third-order valence-corrected chi connectivity index (χ3v) is 5.04. The molecule has 112 valence electrons. The van der Waals surface area contributed by atoms with Crippen LogP contribution in [0.25, 0.3) is 0 Å². The first-order valence-corrected chi connectivity index (χ1v) is 7.56. The minimum atomic E-state index is -0.757. The molecular weight excluding hydrogens is 258 g/mol. The maximum Gasteiger partial charge on any atom is 0.318 e. The molecule has 4 atom stereocenters. The number of hydrogen-bond acceptors (Lipinski definition) is 3. The van der Waals surface area contributed by atoms with Crippen LogP contribution in [0.4, 0.5) is 4.79 Å². The Bertz CT molecular complexity index is 414. The lowest BCUT2D eigenvalue weighted by molar-refractivity contribution is -0.142. The molecule has 0 aromatic carbocycles. The average Bonchev–Trinajstić information content (AvgIpc) is 2.96. The normalized spacial score (nSPS) is 37.1. The van der Waals surface area contributed by atoms with Crippen molar-refractivity contribution >= 4 is 12.0 Å². The van der Waals surface area contributed by atoms with Crippen LogP contribution in [-0.2, 0) is 4.79 Å². The number of carbonyl (C=O) groups excluding carboxylic acids is 1. The smallest absolute Gasteiger partial charge is 0.318 e. The van der Waals surface area contributed by atoms with E-state index in [1.807, 2.05) is 4.90 Å². The topological polar surface area (TPSA) is 72.9 Å². The van der Waals surface area contributed by atoms with Gasteiger partial charge in [-0.3, -0.25) is 4.79 Å². The molecule has 2 amide bonds. The summed E-state index contributed by atoms with van der Waals surface area (Å²) < 4.78 is 0. The van der Waals surface area contributed by atoms with Crippen LogP contribution >= 0.6 is 0 Å². The van der Waals surface area contributed by atoms with Crippen LogP contribution in [0.1, 0.15) is 32.1 Å². The van der Waals surface area contributed by atoms with Gasteiger partial charge in [0.25, 0.3) is 0 Å². The van der Waals surface area contributed by atoms with E-state index in [0.717, 1.165) is 38.8 Å². The lowest BCUT2D eigenvalue weighted by Crippen LogP contribution is -2.52. The maximum atomic E-state index is 12.5. The van der Waals surface area contributed by atoms with Crippen LogP contribution < -0.4 is 5.32 Å². The van der Waals surface area contributed by atoms with Gasteiger partial charge < -0.3 is 20.2 Å². The molecule has 20 heavy (non-hydrogen) atoms. The van der Waals surface area contributed by atoms with Crippen molar-refractivity contribution in [3.8, 4) is 0 Å². The number of hydrogen-bond donors (Lipinski definition) is 2. The molecule has 3 aliphatic rings. The van der Waals surface area contributed by atoms with E-state index in [2.05, 4.69) is 17.3 Å². The van der Waals surface area contributed by atoms with Gasteiger partial charge in [0.1, 0.15) is 0 Å². The minimum Gasteiger partial charge on any atom is -0.481 e. The summed E-state index contributed by atoms with van der Waals surface area (Å²) in [4.78, 5) is 27.7. The highest BCUT2D eigenvalue weighted by molar-refractivity contribution is 5.79. The molecule has 2 N–H and O–H groups in total. The van der Waals surface area contributed by atoms with Crippen molar-refractivity contribution in [1.29, 1.82) is 0 Å². The van der Waals surface area contributed by atoms with Gasteiger partial charge in [0.05, 0.1) is 5.92 Å². The highest BCUT2D eigenvalue weighted by atomic mass is 16.4. The quantitative estimate of drug-likeness (QED) is 0.782. The van der Waals surface area contributed by atoms with E-state index in [1.165, 1.54) is 0 Å². The number of nitrogens with zero attached hydrogens (tertiary/aromatic N) is 2. The summed E-state index contributed by atoms with van der Waals surface area (Å²) >= 11 is 0. The first kappa shape index (κ1) is 13.7. The number of carbonyl (C=O) groups is 2. The summed E-state index contributed by atoms with van der Waals surface area (Å²) in [5.41, 5.74) is 0. The van der Waals surface area contributed by atoms with Crippen molar-refractivity contribution in [2.24, 2.45) is 5.92 Å². The Kier molecular flexibility index (Phi) is 3.58. The largest absolute Gasteiger partial charge is 0.481 e. The van der Waals surface area contributed by atoms with Crippen LogP contribution in [0.3, 0.4) is 0 Å². The van der Waals surface area contributed by atoms with E-state index < -0.39 is 5.97 Å². The van der Waals surface area contributed by atoms with Crippen molar-refractivity contribution in [3.05, 3.63) is 0 Å². The number of likely N-dealkylation sites (tertiary alicyclic amines) is 1. The van der Waals surface area contributed by atoms with Crippen LogP contribution in [0.15, 0.2) is 0 Å². The molecular formula is C14H23N3O3. The Morgan fingerprint density at radius 2 is 2.05 bits per heavy atom. The Labute approximate surface area is 119 Å². The van der Waals surface area contributed by atoms with Crippen molar-refractivity contribution in [3.63, 3.8) is 0 Å². The lowest BCUT2D eigenvalue weighted by Gasteiger charge is -2.32. The number of amides is 2. The summed E-state index contributed by atoms with van der Waals surface area (Å²) in [5.74, 6) is -1.12. The molecule has 3 fully saturated rings. The Hall–Kier alpha value is -1.30. The fourth-order valence-corrected chi connectivity index (χ4v) is 4.10. The van der Waals surface area contributed by atoms with E-state index in [-0.39, 0.29) is 30.1 Å². The van der Waals surface area contributed by atoms with Crippen molar-refractivity contribution in [1.82, 2.24) is 15.1 Å². The molecule has 0 aromatic rings. The molecule has 3 rings (SSSR count). The summed E-state index contributed by atoms with van der Waals surface area (Å²) in [6, 6.07) is 0.173. The van der Waals surface area contributed by atoms with Gasteiger partial charge in [-0.1, -0.05) is 0 Å². The maximum absolute atomic E-state index is 12.5. The first-order chi connectivity index (χ1) is 9.56.